The van der Waals surface area contributed by atoms with Gasteiger partial charge >= 0.3 is 0 Å². The summed E-state index contributed by atoms with van der Waals surface area (Å²) in [6, 6.07) is 15.9. The summed E-state index contributed by atoms with van der Waals surface area (Å²) in [7, 11) is 0. The van der Waals surface area contributed by atoms with Gasteiger partial charge < -0.3 is 9.73 Å². The fourth-order valence-corrected chi connectivity index (χ4v) is 2.41. The van der Waals surface area contributed by atoms with Crippen LogP contribution < -0.4 is 5.32 Å². The van der Waals surface area contributed by atoms with Crippen LogP contribution in [0.5, 0.6) is 0 Å². The van der Waals surface area contributed by atoms with E-state index in [2.05, 4.69) is 10.3 Å². The topological polar surface area (TPSA) is 38.1 Å². The average molecular weight is 278 g/mol. The monoisotopic (exact) mass is 278 g/mol. The highest BCUT2D eigenvalue weighted by Gasteiger charge is 2.10. The highest BCUT2D eigenvalue weighted by molar-refractivity contribution is 6.07. The van der Waals surface area contributed by atoms with Gasteiger partial charge in [-0.05, 0) is 42.5 Å². The SMILES string of the molecule is Fc1ccc(Nc2nc3ccccc3c3occc23)cc1. The lowest BCUT2D eigenvalue weighted by Crippen LogP contribution is -1.95. The molecule has 4 rings (SSSR count). The molecule has 0 saturated carbocycles. The zero-order chi connectivity index (χ0) is 14.2. The van der Waals surface area contributed by atoms with Gasteiger partial charge in [0.05, 0.1) is 17.2 Å². The molecule has 4 heteroatoms. The summed E-state index contributed by atoms with van der Waals surface area (Å²) >= 11 is 0. The minimum atomic E-state index is -0.263. The first-order valence-electron chi connectivity index (χ1n) is 6.60. The summed E-state index contributed by atoms with van der Waals surface area (Å²) in [5.41, 5.74) is 2.43. The lowest BCUT2D eigenvalue weighted by Gasteiger charge is -2.08. The summed E-state index contributed by atoms with van der Waals surface area (Å²) in [5.74, 6) is 0.435. The van der Waals surface area contributed by atoms with Crippen LogP contribution in [-0.2, 0) is 0 Å². The van der Waals surface area contributed by atoms with Crippen molar-refractivity contribution in [2.45, 2.75) is 0 Å². The Morgan fingerprint density at radius 1 is 0.905 bits per heavy atom. The molecule has 0 saturated heterocycles. The molecule has 3 nitrogen and oxygen atoms in total. The third-order valence-electron chi connectivity index (χ3n) is 3.41. The van der Waals surface area contributed by atoms with Crippen LogP contribution in [0.4, 0.5) is 15.9 Å². The van der Waals surface area contributed by atoms with Crippen LogP contribution in [0.25, 0.3) is 21.9 Å². The molecule has 2 heterocycles. The molecule has 0 amide bonds. The molecule has 0 unspecified atom stereocenters. The summed E-state index contributed by atoms with van der Waals surface area (Å²) in [6.07, 6.45) is 1.65. The smallest absolute Gasteiger partial charge is 0.146 e. The molecule has 2 aromatic carbocycles. The quantitative estimate of drug-likeness (QED) is 0.568. The maximum absolute atomic E-state index is 13.0. The molecule has 1 N–H and O–H groups in total. The van der Waals surface area contributed by atoms with Crippen molar-refractivity contribution in [1.82, 2.24) is 4.98 Å². The Bertz CT molecular complexity index is 928. The molecular weight excluding hydrogens is 267 g/mol. The molecule has 21 heavy (non-hydrogen) atoms. The van der Waals surface area contributed by atoms with Crippen LogP contribution in [0.2, 0.25) is 0 Å². The van der Waals surface area contributed by atoms with E-state index in [4.69, 9.17) is 4.42 Å². The molecule has 0 aliphatic carbocycles. The van der Waals surface area contributed by atoms with Gasteiger partial charge in [0.1, 0.15) is 17.2 Å². The summed E-state index contributed by atoms with van der Waals surface area (Å²) in [6.45, 7) is 0. The van der Waals surface area contributed by atoms with Gasteiger partial charge in [0.25, 0.3) is 0 Å². The number of anilines is 2. The molecule has 102 valence electrons. The Morgan fingerprint density at radius 2 is 1.71 bits per heavy atom. The molecule has 2 aromatic heterocycles. The van der Waals surface area contributed by atoms with Gasteiger partial charge in [-0.1, -0.05) is 12.1 Å². The predicted octanol–water partition coefficient (Wildman–Crippen LogP) is 4.86. The number of furan rings is 1. The van der Waals surface area contributed by atoms with Crippen molar-refractivity contribution in [2.75, 3.05) is 5.32 Å². The van der Waals surface area contributed by atoms with Crippen molar-refractivity contribution in [3.63, 3.8) is 0 Å². The number of nitrogens with zero attached hydrogens (tertiary/aromatic N) is 1. The van der Waals surface area contributed by atoms with Gasteiger partial charge in [0.2, 0.25) is 0 Å². The number of hydrogen-bond acceptors (Lipinski definition) is 3. The highest BCUT2D eigenvalue weighted by atomic mass is 19.1. The van der Waals surface area contributed by atoms with Gasteiger partial charge in [-0.3, -0.25) is 0 Å². The molecule has 0 bridgehead atoms. The van der Waals surface area contributed by atoms with Crippen LogP contribution in [-0.4, -0.2) is 4.98 Å². The van der Waals surface area contributed by atoms with Gasteiger partial charge in [-0.15, -0.1) is 0 Å². The zero-order valence-corrected chi connectivity index (χ0v) is 11.0. The largest absolute Gasteiger partial charge is 0.463 e. The number of halogens is 1. The standard InChI is InChI=1S/C17H11FN2O/c18-11-5-7-12(8-6-11)19-17-14-9-10-21-16(14)13-3-1-2-4-15(13)20-17/h1-10H,(H,19,20). The van der Waals surface area contributed by atoms with E-state index in [0.29, 0.717) is 5.82 Å². The Balaban J connectivity index is 1.90. The lowest BCUT2D eigenvalue weighted by molar-refractivity contribution is 0.619. The number of para-hydroxylation sites is 1. The molecule has 0 spiro atoms. The second-order valence-corrected chi connectivity index (χ2v) is 4.77. The van der Waals surface area contributed by atoms with Crippen LogP contribution in [0.1, 0.15) is 0 Å². The van der Waals surface area contributed by atoms with Crippen molar-refractivity contribution in [1.29, 1.82) is 0 Å². The number of pyridine rings is 1. The van der Waals surface area contributed by atoms with E-state index in [0.717, 1.165) is 27.6 Å². The Labute approximate surface area is 120 Å². The van der Waals surface area contributed by atoms with Gasteiger partial charge in [-0.25, -0.2) is 9.37 Å². The number of nitrogens with one attached hydrogen (secondary N) is 1. The Morgan fingerprint density at radius 3 is 2.57 bits per heavy atom. The van der Waals surface area contributed by atoms with Crippen LogP contribution in [0, 0.1) is 5.82 Å². The first-order chi connectivity index (χ1) is 10.3. The van der Waals surface area contributed by atoms with Crippen molar-refractivity contribution >= 4 is 33.4 Å². The maximum atomic E-state index is 13.0. The fraction of sp³-hybridized carbons (Fsp3) is 0. The Hall–Kier alpha value is -2.88. The van der Waals surface area contributed by atoms with Crippen LogP contribution in [0.15, 0.2) is 65.3 Å². The van der Waals surface area contributed by atoms with Gasteiger partial charge in [0, 0.05) is 11.1 Å². The van der Waals surface area contributed by atoms with E-state index in [1.165, 1.54) is 12.1 Å². The van der Waals surface area contributed by atoms with Crippen LogP contribution in [0.3, 0.4) is 0 Å². The molecule has 0 fully saturated rings. The molecule has 0 radical (unpaired) electrons. The number of aromatic nitrogens is 1. The van der Waals surface area contributed by atoms with E-state index < -0.39 is 0 Å². The fourth-order valence-electron chi connectivity index (χ4n) is 2.41. The summed E-state index contributed by atoms with van der Waals surface area (Å²) in [5, 5.41) is 5.09. The first kappa shape index (κ1) is 11.9. The number of fused-ring (bicyclic) bond motifs is 3. The van der Waals surface area contributed by atoms with E-state index in [1.54, 1.807) is 18.4 Å². The number of hydrogen-bond donors (Lipinski definition) is 1. The van der Waals surface area contributed by atoms with E-state index in [1.807, 2.05) is 30.3 Å². The van der Waals surface area contributed by atoms with E-state index in [-0.39, 0.29) is 5.82 Å². The highest BCUT2D eigenvalue weighted by Crippen LogP contribution is 2.31. The van der Waals surface area contributed by atoms with Gasteiger partial charge in [0.15, 0.2) is 0 Å². The predicted molar refractivity (Wildman–Crippen MR) is 81.2 cm³/mol. The number of rotatable bonds is 2. The Kier molecular flexibility index (Phi) is 2.60. The van der Waals surface area contributed by atoms with Crippen molar-refractivity contribution in [3.05, 3.63) is 66.7 Å². The average Bonchev–Trinajstić information content (AvgIpc) is 3.00. The second-order valence-electron chi connectivity index (χ2n) is 4.77. The second kappa shape index (κ2) is 4.59. The first-order valence-corrected chi connectivity index (χ1v) is 6.60. The maximum Gasteiger partial charge on any atom is 0.146 e. The summed E-state index contributed by atoms with van der Waals surface area (Å²) < 4.78 is 18.6. The van der Waals surface area contributed by atoms with Crippen molar-refractivity contribution in [2.24, 2.45) is 0 Å². The van der Waals surface area contributed by atoms with Gasteiger partial charge in [-0.2, -0.15) is 0 Å². The normalized spacial score (nSPS) is 11.1. The molecule has 0 aliphatic heterocycles. The van der Waals surface area contributed by atoms with E-state index >= 15 is 0 Å². The van der Waals surface area contributed by atoms with Crippen LogP contribution >= 0.6 is 0 Å². The minimum absolute atomic E-state index is 0.263. The van der Waals surface area contributed by atoms with Crippen molar-refractivity contribution < 1.29 is 8.81 Å². The van der Waals surface area contributed by atoms with E-state index in [9.17, 15) is 4.39 Å². The number of benzene rings is 2. The third kappa shape index (κ3) is 2.01. The minimum Gasteiger partial charge on any atom is -0.463 e. The lowest BCUT2D eigenvalue weighted by atomic mass is 10.1. The molecule has 0 atom stereocenters. The molecule has 4 aromatic rings. The molecular formula is C17H11FN2O. The summed E-state index contributed by atoms with van der Waals surface area (Å²) in [4.78, 5) is 4.63. The third-order valence-corrected chi connectivity index (χ3v) is 3.41. The zero-order valence-electron chi connectivity index (χ0n) is 11.0. The molecule has 0 aliphatic rings. The van der Waals surface area contributed by atoms with Crippen molar-refractivity contribution in [3.8, 4) is 0 Å².